The third kappa shape index (κ3) is 1.43. The highest BCUT2D eigenvalue weighted by Crippen LogP contribution is 2.24. The highest BCUT2D eigenvalue weighted by atomic mass is 16.3. The number of hydrogen-bond donors (Lipinski definition) is 3. The van der Waals surface area contributed by atoms with Crippen LogP contribution in [0.1, 0.15) is 11.1 Å². The first-order valence-electron chi connectivity index (χ1n) is 3.43. The second kappa shape index (κ2) is 2.80. The van der Waals surface area contributed by atoms with E-state index in [2.05, 4.69) is 0 Å². The van der Waals surface area contributed by atoms with Crippen molar-refractivity contribution >= 4 is 5.69 Å². The van der Waals surface area contributed by atoms with Gasteiger partial charge in [-0.15, -0.1) is 0 Å². The Morgan fingerprint density at radius 3 is 2.64 bits per heavy atom. The van der Waals surface area contributed by atoms with Gasteiger partial charge in [-0.05, 0) is 24.6 Å². The molecule has 0 aliphatic heterocycles. The standard InChI is InChI=1S/C8H12N2O/c1-5-2-7(10)3-6(4-9)8(5)11/h2-3,11H,4,9-10H2,1H3. The van der Waals surface area contributed by atoms with Gasteiger partial charge in [-0.2, -0.15) is 0 Å². The Hall–Kier alpha value is -1.22. The summed E-state index contributed by atoms with van der Waals surface area (Å²) in [5.74, 6) is 0.252. The van der Waals surface area contributed by atoms with E-state index in [4.69, 9.17) is 11.5 Å². The lowest BCUT2D eigenvalue weighted by Gasteiger charge is -2.05. The van der Waals surface area contributed by atoms with E-state index in [0.717, 1.165) is 5.56 Å². The molecule has 0 unspecified atom stereocenters. The van der Waals surface area contributed by atoms with Crippen molar-refractivity contribution in [1.82, 2.24) is 0 Å². The van der Waals surface area contributed by atoms with Gasteiger partial charge < -0.3 is 16.6 Å². The summed E-state index contributed by atoms with van der Waals surface area (Å²) in [6, 6.07) is 3.40. The average molecular weight is 152 g/mol. The van der Waals surface area contributed by atoms with E-state index in [-0.39, 0.29) is 5.75 Å². The van der Waals surface area contributed by atoms with Crippen LogP contribution >= 0.6 is 0 Å². The quantitative estimate of drug-likeness (QED) is 0.410. The highest BCUT2D eigenvalue weighted by molar-refractivity contribution is 5.52. The zero-order valence-electron chi connectivity index (χ0n) is 6.46. The lowest BCUT2D eigenvalue weighted by Crippen LogP contribution is -1.99. The van der Waals surface area contributed by atoms with Crippen LogP contribution in [0, 0.1) is 6.92 Å². The normalized spacial score (nSPS) is 10.0. The lowest BCUT2D eigenvalue weighted by atomic mass is 10.1. The van der Waals surface area contributed by atoms with Crippen molar-refractivity contribution < 1.29 is 5.11 Å². The molecule has 11 heavy (non-hydrogen) atoms. The number of phenols is 1. The van der Waals surface area contributed by atoms with Crippen LogP contribution in [0.4, 0.5) is 5.69 Å². The van der Waals surface area contributed by atoms with E-state index in [1.807, 2.05) is 0 Å². The van der Waals surface area contributed by atoms with E-state index in [0.29, 0.717) is 17.8 Å². The maximum Gasteiger partial charge on any atom is 0.123 e. The van der Waals surface area contributed by atoms with Gasteiger partial charge in [0.25, 0.3) is 0 Å². The van der Waals surface area contributed by atoms with E-state index in [1.165, 1.54) is 0 Å². The number of anilines is 1. The van der Waals surface area contributed by atoms with Crippen LogP contribution in [0.2, 0.25) is 0 Å². The number of hydrogen-bond acceptors (Lipinski definition) is 3. The first-order chi connectivity index (χ1) is 5.15. The summed E-state index contributed by atoms with van der Waals surface area (Å²) in [7, 11) is 0. The summed E-state index contributed by atoms with van der Waals surface area (Å²) in [5.41, 5.74) is 13.0. The summed E-state index contributed by atoms with van der Waals surface area (Å²) in [4.78, 5) is 0. The second-order valence-electron chi connectivity index (χ2n) is 2.55. The van der Waals surface area contributed by atoms with Gasteiger partial charge in [0.1, 0.15) is 5.75 Å². The highest BCUT2D eigenvalue weighted by Gasteiger charge is 2.02. The summed E-state index contributed by atoms with van der Waals surface area (Å²) < 4.78 is 0. The van der Waals surface area contributed by atoms with Crippen LogP contribution in [0.3, 0.4) is 0 Å². The fraction of sp³-hybridized carbons (Fsp3) is 0.250. The molecular weight excluding hydrogens is 140 g/mol. The Kier molecular flexibility index (Phi) is 2.01. The third-order valence-corrected chi connectivity index (χ3v) is 1.62. The first kappa shape index (κ1) is 7.88. The number of rotatable bonds is 1. The Labute approximate surface area is 65.6 Å². The molecule has 0 saturated heterocycles. The predicted octanol–water partition coefficient (Wildman–Crippen LogP) is 0.742. The minimum Gasteiger partial charge on any atom is -0.507 e. The predicted molar refractivity (Wildman–Crippen MR) is 45.1 cm³/mol. The van der Waals surface area contributed by atoms with Crippen LogP contribution in [-0.2, 0) is 6.54 Å². The molecule has 3 nitrogen and oxygen atoms in total. The summed E-state index contributed by atoms with van der Waals surface area (Å²) in [5, 5.41) is 9.39. The van der Waals surface area contributed by atoms with Crippen LogP contribution in [-0.4, -0.2) is 5.11 Å². The molecule has 5 N–H and O–H groups in total. The van der Waals surface area contributed by atoms with Gasteiger partial charge in [-0.1, -0.05) is 0 Å². The van der Waals surface area contributed by atoms with E-state index in [1.54, 1.807) is 19.1 Å². The molecule has 1 aromatic carbocycles. The molecule has 0 saturated carbocycles. The lowest BCUT2D eigenvalue weighted by molar-refractivity contribution is 0.464. The second-order valence-corrected chi connectivity index (χ2v) is 2.55. The van der Waals surface area contributed by atoms with Crippen molar-refractivity contribution in [1.29, 1.82) is 0 Å². The molecule has 0 aromatic heterocycles. The van der Waals surface area contributed by atoms with Gasteiger partial charge in [0.15, 0.2) is 0 Å². The van der Waals surface area contributed by atoms with Crippen LogP contribution in [0.15, 0.2) is 12.1 Å². The minimum atomic E-state index is 0.252. The molecule has 3 heteroatoms. The number of phenolic OH excluding ortho intramolecular Hbond substituents is 1. The van der Waals surface area contributed by atoms with Gasteiger partial charge in [0, 0.05) is 17.8 Å². The molecule has 0 radical (unpaired) electrons. The van der Waals surface area contributed by atoms with Gasteiger partial charge >= 0.3 is 0 Å². The van der Waals surface area contributed by atoms with Crippen molar-refractivity contribution in [3.8, 4) is 5.75 Å². The topological polar surface area (TPSA) is 72.3 Å². The Balaban J connectivity index is 3.24. The molecule has 0 aliphatic rings. The largest absolute Gasteiger partial charge is 0.507 e. The van der Waals surface area contributed by atoms with Gasteiger partial charge in [-0.25, -0.2) is 0 Å². The fourth-order valence-corrected chi connectivity index (χ4v) is 1.04. The fourth-order valence-electron chi connectivity index (χ4n) is 1.04. The van der Waals surface area contributed by atoms with E-state index < -0.39 is 0 Å². The molecule has 1 aromatic rings. The number of nitrogens with two attached hydrogens (primary N) is 2. The zero-order chi connectivity index (χ0) is 8.43. The van der Waals surface area contributed by atoms with Crippen molar-refractivity contribution in [3.05, 3.63) is 23.3 Å². The minimum absolute atomic E-state index is 0.252. The maximum absolute atomic E-state index is 9.39. The Morgan fingerprint density at radius 1 is 1.45 bits per heavy atom. The molecule has 0 bridgehead atoms. The number of aryl methyl sites for hydroxylation is 1. The summed E-state index contributed by atoms with van der Waals surface area (Å²) >= 11 is 0. The van der Waals surface area contributed by atoms with Crippen molar-refractivity contribution in [2.45, 2.75) is 13.5 Å². The molecule has 0 amide bonds. The van der Waals surface area contributed by atoms with E-state index in [9.17, 15) is 5.11 Å². The monoisotopic (exact) mass is 152 g/mol. The number of aromatic hydroxyl groups is 1. The van der Waals surface area contributed by atoms with E-state index >= 15 is 0 Å². The Bertz CT molecular complexity index is 271. The van der Waals surface area contributed by atoms with Gasteiger partial charge in [-0.3, -0.25) is 0 Å². The van der Waals surface area contributed by atoms with Crippen molar-refractivity contribution in [2.24, 2.45) is 5.73 Å². The van der Waals surface area contributed by atoms with Crippen LogP contribution < -0.4 is 11.5 Å². The molecular formula is C8H12N2O. The van der Waals surface area contributed by atoms with Crippen LogP contribution in [0.5, 0.6) is 5.75 Å². The summed E-state index contributed by atoms with van der Waals surface area (Å²) in [6.45, 7) is 2.11. The molecule has 0 atom stereocenters. The maximum atomic E-state index is 9.39. The first-order valence-corrected chi connectivity index (χ1v) is 3.43. The molecule has 0 spiro atoms. The molecule has 0 heterocycles. The zero-order valence-corrected chi connectivity index (χ0v) is 6.46. The molecule has 1 rings (SSSR count). The molecule has 0 aliphatic carbocycles. The van der Waals surface area contributed by atoms with Gasteiger partial charge in [0.2, 0.25) is 0 Å². The van der Waals surface area contributed by atoms with Crippen molar-refractivity contribution in [2.75, 3.05) is 5.73 Å². The Morgan fingerprint density at radius 2 is 2.09 bits per heavy atom. The van der Waals surface area contributed by atoms with Crippen LogP contribution in [0.25, 0.3) is 0 Å². The number of benzene rings is 1. The van der Waals surface area contributed by atoms with Gasteiger partial charge in [0.05, 0.1) is 0 Å². The third-order valence-electron chi connectivity index (χ3n) is 1.62. The molecule has 60 valence electrons. The number of nitrogen functional groups attached to an aromatic ring is 1. The SMILES string of the molecule is Cc1cc(N)cc(CN)c1O. The average Bonchev–Trinajstić information content (AvgIpc) is 1.96. The molecule has 0 fully saturated rings. The summed E-state index contributed by atoms with van der Waals surface area (Å²) in [6.07, 6.45) is 0. The smallest absolute Gasteiger partial charge is 0.123 e. The van der Waals surface area contributed by atoms with Crippen molar-refractivity contribution in [3.63, 3.8) is 0 Å².